The minimum atomic E-state index is 0. The Balaban J connectivity index is 0.00000133. The molecule has 0 fully saturated rings. The summed E-state index contributed by atoms with van der Waals surface area (Å²) in [7, 11) is 0. The van der Waals surface area contributed by atoms with E-state index in [-0.39, 0.29) is 18.5 Å². The standard InChI is InChI=1S/C15H16N2O.ClH/c16-10-15-14-3-1-2-12(13(14)6-9-18-15)11-4-7-17-8-5-11;/h1-5,7-8,15H,6,9-10,16H2;1H/t15-;/m1./s1. The third kappa shape index (κ3) is 2.63. The summed E-state index contributed by atoms with van der Waals surface area (Å²) in [6, 6.07) is 10.4. The molecule has 2 N–H and O–H groups in total. The van der Waals surface area contributed by atoms with Gasteiger partial charge in [-0.05, 0) is 40.8 Å². The second kappa shape index (κ2) is 6.15. The number of benzene rings is 1. The van der Waals surface area contributed by atoms with Crippen molar-refractivity contribution in [1.82, 2.24) is 4.98 Å². The summed E-state index contributed by atoms with van der Waals surface area (Å²) in [6.07, 6.45) is 4.64. The van der Waals surface area contributed by atoms with Gasteiger partial charge < -0.3 is 10.5 Å². The summed E-state index contributed by atoms with van der Waals surface area (Å²) in [6.45, 7) is 1.28. The van der Waals surface area contributed by atoms with Crippen molar-refractivity contribution in [2.75, 3.05) is 13.2 Å². The summed E-state index contributed by atoms with van der Waals surface area (Å²) >= 11 is 0. The van der Waals surface area contributed by atoms with Crippen molar-refractivity contribution >= 4 is 12.4 Å². The highest BCUT2D eigenvalue weighted by Gasteiger charge is 2.21. The first-order valence-electron chi connectivity index (χ1n) is 6.24. The minimum Gasteiger partial charge on any atom is -0.372 e. The predicted octanol–water partition coefficient (Wildman–Crippen LogP) is 2.74. The molecule has 0 spiro atoms. The highest BCUT2D eigenvalue weighted by molar-refractivity contribution is 5.85. The molecule has 1 aliphatic heterocycles. The zero-order valence-electron chi connectivity index (χ0n) is 10.6. The van der Waals surface area contributed by atoms with Crippen LogP contribution in [0.4, 0.5) is 0 Å². The van der Waals surface area contributed by atoms with Crippen molar-refractivity contribution in [3.05, 3.63) is 53.9 Å². The average molecular weight is 277 g/mol. The number of halogens is 1. The fourth-order valence-corrected chi connectivity index (χ4v) is 2.58. The van der Waals surface area contributed by atoms with Crippen LogP contribution in [-0.4, -0.2) is 18.1 Å². The SMILES string of the molecule is Cl.NC[C@H]1OCCc2c(-c3ccncc3)cccc21. The topological polar surface area (TPSA) is 48.1 Å². The second-order valence-electron chi connectivity index (χ2n) is 4.45. The fourth-order valence-electron chi connectivity index (χ4n) is 2.58. The third-order valence-corrected chi connectivity index (χ3v) is 3.44. The quantitative estimate of drug-likeness (QED) is 0.917. The van der Waals surface area contributed by atoms with E-state index in [0.29, 0.717) is 6.54 Å². The first-order valence-corrected chi connectivity index (χ1v) is 6.24. The van der Waals surface area contributed by atoms with Gasteiger partial charge in [0.1, 0.15) is 0 Å². The Morgan fingerprint density at radius 2 is 2.00 bits per heavy atom. The number of hydrogen-bond donors (Lipinski definition) is 1. The number of nitrogens with zero attached hydrogens (tertiary/aromatic N) is 1. The molecule has 4 heteroatoms. The molecule has 0 bridgehead atoms. The van der Waals surface area contributed by atoms with Crippen LogP contribution in [0.1, 0.15) is 17.2 Å². The smallest absolute Gasteiger partial charge is 0.0950 e. The highest BCUT2D eigenvalue weighted by Crippen LogP contribution is 2.33. The molecule has 0 saturated heterocycles. The van der Waals surface area contributed by atoms with Gasteiger partial charge in [-0.1, -0.05) is 18.2 Å². The van der Waals surface area contributed by atoms with E-state index in [9.17, 15) is 0 Å². The van der Waals surface area contributed by atoms with Crippen molar-refractivity contribution in [1.29, 1.82) is 0 Å². The zero-order chi connectivity index (χ0) is 12.4. The van der Waals surface area contributed by atoms with Crippen LogP contribution in [0.2, 0.25) is 0 Å². The van der Waals surface area contributed by atoms with Crippen molar-refractivity contribution in [2.24, 2.45) is 5.73 Å². The van der Waals surface area contributed by atoms with E-state index in [0.717, 1.165) is 13.0 Å². The van der Waals surface area contributed by atoms with Gasteiger partial charge in [0.25, 0.3) is 0 Å². The average Bonchev–Trinajstić information content (AvgIpc) is 2.47. The lowest BCUT2D eigenvalue weighted by atomic mass is 9.90. The monoisotopic (exact) mass is 276 g/mol. The van der Waals surface area contributed by atoms with Crippen molar-refractivity contribution in [2.45, 2.75) is 12.5 Å². The Kier molecular flexibility index (Phi) is 4.53. The summed E-state index contributed by atoms with van der Waals surface area (Å²) in [5.41, 5.74) is 10.9. The Hall–Kier alpha value is -1.42. The van der Waals surface area contributed by atoms with Gasteiger partial charge in [0.2, 0.25) is 0 Å². The van der Waals surface area contributed by atoms with Gasteiger partial charge in [-0.25, -0.2) is 0 Å². The Morgan fingerprint density at radius 1 is 1.21 bits per heavy atom. The lowest BCUT2D eigenvalue weighted by Gasteiger charge is -2.27. The molecule has 1 aromatic carbocycles. The number of hydrogen-bond acceptors (Lipinski definition) is 3. The highest BCUT2D eigenvalue weighted by atomic mass is 35.5. The maximum atomic E-state index is 5.77. The maximum absolute atomic E-state index is 5.77. The molecule has 1 atom stereocenters. The molecule has 1 aromatic heterocycles. The summed E-state index contributed by atoms with van der Waals surface area (Å²) in [4.78, 5) is 4.07. The number of nitrogens with two attached hydrogens (primary N) is 1. The van der Waals surface area contributed by atoms with Crippen molar-refractivity contribution in [3.8, 4) is 11.1 Å². The third-order valence-electron chi connectivity index (χ3n) is 3.44. The van der Waals surface area contributed by atoms with Crippen LogP contribution in [-0.2, 0) is 11.2 Å². The summed E-state index contributed by atoms with van der Waals surface area (Å²) in [5.74, 6) is 0. The molecule has 0 radical (unpaired) electrons. The van der Waals surface area contributed by atoms with E-state index < -0.39 is 0 Å². The van der Waals surface area contributed by atoms with Gasteiger partial charge >= 0.3 is 0 Å². The van der Waals surface area contributed by atoms with Crippen LogP contribution in [0.25, 0.3) is 11.1 Å². The van der Waals surface area contributed by atoms with Crippen LogP contribution in [0, 0.1) is 0 Å². The molecule has 3 rings (SSSR count). The molecule has 0 amide bonds. The molecule has 3 nitrogen and oxygen atoms in total. The molecule has 19 heavy (non-hydrogen) atoms. The first-order chi connectivity index (χ1) is 8.90. The van der Waals surface area contributed by atoms with Crippen LogP contribution in [0.5, 0.6) is 0 Å². The molecule has 1 aliphatic rings. The minimum absolute atomic E-state index is 0. The van der Waals surface area contributed by atoms with Crippen LogP contribution in [0.15, 0.2) is 42.7 Å². The van der Waals surface area contributed by atoms with Crippen molar-refractivity contribution in [3.63, 3.8) is 0 Å². The Bertz CT molecular complexity index is 545. The molecule has 0 saturated carbocycles. The Morgan fingerprint density at radius 3 is 2.74 bits per heavy atom. The van der Waals surface area contributed by atoms with E-state index in [2.05, 4.69) is 23.2 Å². The summed E-state index contributed by atoms with van der Waals surface area (Å²) in [5, 5.41) is 0. The lowest BCUT2D eigenvalue weighted by Crippen LogP contribution is -2.23. The molecule has 0 aliphatic carbocycles. The molecular formula is C15H17ClN2O. The first kappa shape index (κ1) is 14.0. The van der Waals surface area contributed by atoms with Crippen LogP contribution in [0.3, 0.4) is 0 Å². The van der Waals surface area contributed by atoms with Gasteiger partial charge in [-0.15, -0.1) is 12.4 Å². The zero-order valence-corrected chi connectivity index (χ0v) is 11.4. The van der Waals surface area contributed by atoms with E-state index in [1.54, 1.807) is 0 Å². The van der Waals surface area contributed by atoms with E-state index in [4.69, 9.17) is 10.5 Å². The number of pyridine rings is 1. The molecule has 0 unspecified atom stereocenters. The number of rotatable bonds is 2. The lowest BCUT2D eigenvalue weighted by molar-refractivity contribution is 0.0486. The largest absolute Gasteiger partial charge is 0.372 e. The van der Waals surface area contributed by atoms with Gasteiger partial charge in [-0.2, -0.15) is 0 Å². The molecule has 2 heterocycles. The summed E-state index contributed by atoms with van der Waals surface area (Å²) < 4.78 is 5.71. The molecular weight excluding hydrogens is 260 g/mol. The van der Waals surface area contributed by atoms with Crippen LogP contribution >= 0.6 is 12.4 Å². The van der Waals surface area contributed by atoms with Crippen LogP contribution < -0.4 is 5.73 Å². The number of fused-ring (bicyclic) bond motifs is 1. The van der Waals surface area contributed by atoms with Crippen molar-refractivity contribution < 1.29 is 4.74 Å². The Labute approximate surface area is 119 Å². The second-order valence-corrected chi connectivity index (χ2v) is 4.45. The number of aromatic nitrogens is 1. The van der Waals surface area contributed by atoms with E-state index >= 15 is 0 Å². The molecule has 2 aromatic rings. The van der Waals surface area contributed by atoms with Gasteiger partial charge in [0.15, 0.2) is 0 Å². The maximum Gasteiger partial charge on any atom is 0.0950 e. The van der Waals surface area contributed by atoms with Gasteiger partial charge in [0.05, 0.1) is 12.7 Å². The fraction of sp³-hybridized carbons (Fsp3) is 0.267. The number of ether oxygens (including phenoxy) is 1. The normalized spacial score (nSPS) is 17.4. The van der Waals surface area contributed by atoms with Gasteiger partial charge in [0, 0.05) is 18.9 Å². The van der Waals surface area contributed by atoms with E-state index in [1.165, 1.54) is 22.3 Å². The molecule has 100 valence electrons. The predicted molar refractivity (Wildman–Crippen MR) is 78.4 cm³/mol. The van der Waals surface area contributed by atoms with E-state index in [1.807, 2.05) is 24.5 Å². The van der Waals surface area contributed by atoms with Gasteiger partial charge in [-0.3, -0.25) is 4.98 Å².